The van der Waals surface area contributed by atoms with E-state index in [1.54, 1.807) is 0 Å². The van der Waals surface area contributed by atoms with Gasteiger partial charge in [-0.1, -0.05) is 149 Å². The average molecular weight is 643 g/mol. The van der Waals surface area contributed by atoms with Crippen molar-refractivity contribution >= 4 is 66.4 Å². The minimum Gasteiger partial charge on any atom is -0.309 e. The third-order valence-corrected chi connectivity index (χ3v) is 11.6. The molecule has 0 amide bonds. The summed E-state index contributed by atoms with van der Waals surface area (Å²) in [6.07, 6.45) is 0. The Morgan fingerprint density at radius 3 is 1.76 bits per heavy atom. The maximum Gasteiger partial charge on any atom is 0.0546 e. The summed E-state index contributed by atoms with van der Waals surface area (Å²) in [7, 11) is 0. The molecule has 50 heavy (non-hydrogen) atoms. The molecule has 2 aliphatic rings. The van der Waals surface area contributed by atoms with Crippen molar-refractivity contribution in [3.8, 4) is 0 Å². The highest BCUT2D eigenvalue weighted by atomic mass is 15.2. The van der Waals surface area contributed by atoms with E-state index in [1.165, 1.54) is 83.0 Å². The highest BCUT2D eigenvalue weighted by Gasteiger charge is 2.45. The topological polar surface area (TPSA) is 6.48 Å². The lowest BCUT2D eigenvalue weighted by Gasteiger charge is -2.49. The highest BCUT2D eigenvalue weighted by Crippen LogP contribution is 2.60. The van der Waals surface area contributed by atoms with Crippen molar-refractivity contribution in [1.29, 1.82) is 0 Å². The van der Waals surface area contributed by atoms with Gasteiger partial charge >= 0.3 is 0 Å². The normalized spacial score (nSPS) is 15.1. The quantitative estimate of drug-likeness (QED) is 0.177. The molecule has 0 saturated heterocycles. The predicted molar refractivity (Wildman–Crippen MR) is 213 cm³/mol. The number of fused-ring (bicyclic) bond motifs is 8. The van der Waals surface area contributed by atoms with Gasteiger partial charge < -0.3 is 9.80 Å². The fourth-order valence-electron chi connectivity index (χ4n) is 9.04. The molecule has 2 heterocycles. The van der Waals surface area contributed by atoms with Crippen LogP contribution in [-0.2, 0) is 10.8 Å². The molecule has 0 aliphatic carbocycles. The van der Waals surface area contributed by atoms with Gasteiger partial charge in [0.15, 0.2) is 0 Å². The van der Waals surface area contributed by atoms with Crippen molar-refractivity contribution < 1.29 is 0 Å². The van der Waals surface area contributed by atoms with E-state index in [0.717, 1.165) is 5.69 Å². The van der Waals surface area contributed by atoms with E-state index in [2.05, 4.69) is 195 Å². The Morgan fingerprint density at radius 1 is 0.400 bits per heavy atom. The first-order valence-electron chi connectivity index (χ1n) is 17.7. The Morgan fingerprint density at radius 2 is 0.960 bits per heavy atom. The molecule has 0 unspecified atom stereocenters. The molecular weight excluding hydrogens is 605 g/mol. The first-order valence-corrected chi connectivity index (χ1v) is 17.7. The molecule has 10 rings (SSSR count). The van der Waals surface area contributed by atoms with Crippen LogP contribution < -0.4 is 9.80 Å². The van der Waals surface area contributed by atoms with Crippen LogP contribution in [0.15, 0.2) is 158 Å². The van der Waals surface area contributed by atoms with Gasteiger partial charge in [0.1, 0.15) is 0 Å². The van der Waals surface area contributed by atoms with Crippen molar-refractivity contribution in [1.82, 2.24) is 0 Å². The van der Waals surface area contributed by atoms with Crippen LogP contribution in [0, 0.1) is 0 Å². The van der Waals surface area contributed by atoms with Gasteiger partial charge in [-0.3, -0.25) is 0 Å². The van der Waals surface area contributed by atoms with Gasteiger partial charge in [0, 0.05) is 27.3 Å². The first-order chi connectivity index (χ1) is 24.3. The molecule has 2 aliphatic heterocycles. The van der Waals surface area contributed by atoms with E-state index in [9.17, 15) is 0 Å². The second kappa shape index (κ2) is 10.3. The summed E-state index contributed by atoms with van der Waals surface area (Å²) in [5.41, 5.74) is 12.5. The Labute approximate surface area is 293 Å². The SMILES string of the molecule is CC1(C)c2ccccc2N2c3ccc(N(c4cccc5ccccc45)c4cc5ccccc5c5ccccc45)cc3C(C)(C)c3cccc1c32. The van der Waals surface area contributed by atoms with E-state index in [-0.39, 0.29) is 10.8 Å². The van der Waals surface area contributed by atoms with E-state index >= 15 is 0 Å². The van der Waals surface area contributed by atoms with E-state index in [1.807, 2.05) is 0 Å². The van der Waals surface area contributed by atoms with E-state index in [4.69, 9.17) is 0 Å². The van der Waals surface area contributed by atoms with Gasteiger partial charge in [0.25, 0.3) is 0 Å². The highest BCUT2D eigenvalue weighted by molar-refractivity contribution is 6.15. The van der Waals surface area contributed by atoms with Gasteiger partial charge in [-0.2, -0.15) is 0 Å². The Kier molecular flexibility index (Phi) is 6.01. The molecule has 0 spiro atoms. The molecule has 0 radical (unpaired) electrons. The maximum atomic E-state index is 2.54. The number of hydrogen-bond donors (Lipinski definition) is 0. The molecule has 0 bridgehead atoms. The second-order valence-corrected chi connectivity index (χ2v) is 15.0. The predicted octanol–water partition coefficient (Wildman–Crippen LogP) is 13.4. The minimum absolute atomic E-state index is 0.103. The number of anilines is 6. The molecule has 2 nitrogen and oxygen atoms in total. The molecule has 2 heteroatoms. The maximum absolute atomic E-state index is 2.54. The zero-order valence-corrected chi connectivity index (χ0v) is 28.9. The number of nitrogens with zero attached hydrogens (tertiary/aromatic N) is 2. The van der Waals surface area contributed by atoms with Crippen LogP contribution in [0.25, 0.3) is 32.3 Å². The van der Waals surface area contributed by atoms with Crippen LogP contribution in [0.3, 0.4) is 0 Å². The second-order valence-electron chi connectivity index (χ2n) is 15.0. The standard InChI is InChI=1S/C48H38N2/c1-47(2)38-22-11-12-25-43(38)50-44-28-27-33(30-41(44)48(3,4)40-24-14-23-39(47)46(40)50)49(42-26-13-17-31-15-5-8-19-35(31)42)45-29-32-16-6-7-18-34(32)36-20-9-10-21-37(36)45/h5-30H,1-4H3. The summed E-state index contributed by atoms with van der Waals surface area (Å²) in [5.74, 6) is 0. The van der Waals surface area contributed by atoms with Gasteiger partial charge in [0.05, 0.1) is 28.4 Å². The number of para-hydroxylation sites is 2. The fraction of sp³-hybridized carbons (Fsp3) is 0.125. The number of benzene rings is 8. The average Bonchev–Trinajstić information content (AvgIpc) is 3.15. The van der Waals surface area contributed by atoms with Crippen LogP contribution in [0.5, 0.6) is 0 Å². The van der Waals surface area contributed by atoms with E-state index < -0.39 is 0 Å². The molecule has 8 aromatic carbocycles. The third-order valence-electron chi connectivity index (χ3n) is 11.6. The lowest BCUT2D eigenvalue weighted by Crippen LogP contribution is -2.38. The smallest absolute Gasteiger partial charge is 0.0546 e. The monoisotopic (exact) mass is 642 g/mol. The molecular formula is C48H38N2. The number of hydrogen-bond acceptors (Lipinski definition) is 2. The minimum atomic E-state index is -0.231. The first kappa shape index (κ1) is 29.1. The summed E-state index contributed by atoms with van der Waals surface area (Å²) in [4.78, 5) is 5.05. The Hall–Kier alpha value is -5.86. The van der Waals surface area contributed by atoms with Crippen molar-refractivity contribution in [3.05, 3.63) is 180 Å². The van der Waals surface area contributed by atoms with Gasteiger partial charge in [-0.15, -0.1) is 0 Å². The van der Waals surface area contributed by atoms with E-state index in [0.29, 0.717) is 0 Å². The van der Waals surface area contributed by atoms with Gasteiger partial charge in [0.2, 0.25) is 0 Å². The lowest BCUT2D eigenvalue weighted by atomic mass is 9.66. The van der Waals surface area contributed by atoms with Gasteiger partial charge in [-0.25, -0.2) is 0 Å². The van der Waals surface area contributed by atoms with Crippen LogP contribution in [0.2, 0.25) is 0 Å². The summed E-state index contributed by atoms with van der Waals surface area (Å²) in [6.45, 7) is 9.56. The van der Waals surface area contributed by atoms with Gasteiger partial charge in [-0.05, 0) is 80.2 Å². The summed E-state index contributed by atoms with van der Waals surface area (Å²) in [5, 5.41) is 7.46. The Bertz CT molecular complexity index is 2670. The molecule has 0 aromatic heterocycles. The molecule has 0 saturated carbocycles. The van der Waals surface area contributed by atoms with Crippen LogP contribution in [0.1, 0.15) is 49.9 Å². The Balaban J connectivity index is 1.28. The molecule has 240 valence electrons. The summed E-state index contributed by atoms with van der Waals surface area (Å²) < 4.78 is 0. The molecule has 0 N–H and O–H groups in total. The molecule has 0 atom stereocenters. The van der Waals surface area contributed by atoms with Crippen molar-refractivity contribution in [2.75, 3.05) is 9.80 Å². The zero-order chi connectivity index (χ0) is 33.8. The summed E-state index contributed by atoms with van der Waals surface area (Å²) >= 11 is 0. The van der Waals surface area contributed by atoms with Crippen LogP contribution in [0.4, 0.5) is 34.1 Å². The molecule has 8 aromatic rings. The fourth-order valence-corrected chi connectivity index (χ4v) is 9.04. The van der Waals surface area contributed by atoms with Crippen molar-refractivity contribution in [2.45, 2.75) is 38.5 Å². The van der Waals surface area contributed by atoms with Crippen molar-refractivity contribution in [2.24, 2.45) is 0 Å². The third kappa shape index (κ3) is 3.91. The van der Waals surface area contributed by atoms with Crippen molar-refractivity contribution in [3.63, 3.8) is 0 Å². The largest absolute Gasteiger partial charge is 0.309 e. The van der Waals surface area contributed by atoms with Crippen LogP contribution >= 0.6 is 0 Å². The lowest BCUT2D eigenvalue weighted by molar-refractivity contribution is 0.597. The summed E-state index contributed by atoms with van der Waals surface area (Å²) in [6, 6.07) is 58.6. The van der Waals surface area contributed by atoms with Crippen LogP contribution in [-0.4, -0.2) is 0 Å². The zero-order valence-electron chi connectivity index (χ0n) is 28.9. The number of rotatable bonds is 3. The molecule has 0 fully saturated rings.